The second kappa shape index (κ2) is 13.3. The summed E-state index contributed by atoms with van der Waals surface area (Å²) in [5.41, 5.74) is 2.10. The molecule has 7 heteroatoms. The van der Waals surface area contributed by atoms with Gasteiger partial charge in [-0.2, -0.15) is 0 Å². The van der Waals surface area contributed by atoms with Crippen molar-refractivity contribution >= 4 is 46.8 Å². The Morgan fingerprint density at radius 1 is 1.12 bits per heavy atom. The van der Waals surface area contributed by atoms with Crippen LogP contribution in [0.5, 0.6) is 0 Å². The molecule has 1 unspecified atom stereocenters. The van der Waals surface area contributed by atoms with Gasteiger partial charge in [-0.25, -0.2) is 0 Å². The summed E-state index contributed by atoms with van der Waals surface area (Å²) in [4.78, 5) is 28.2. The molecule has 2 aromatic carbocycles. The molecule has 0 heterocycles. The van der Waals surface area contributed by atoms with E-state index < -0.39 is 6.04 Å². The summed E-state index contributed by atoms with van der Waals surface area (Å²) in [5.74, 6) is 0.853. The Labute approximate surface area is 211 Å². The molecule has 0 spiro atoms. The second-order valence-electron chi connectivity index (χ2n) is 8.47. The molecule has 4 nitrogen and oxygen atoms in total. The van der Waals surface area contributed by atoms with Crippen molar-refractivity contribution in [1.82, 2.24) is 10.2 Å². The number of nitrogens with one attached hydrogen (secondary N) is 1. The van der Waals surface area contributed by atoms with E-state index in [0.717, 1.165) is 36.8 Å². The standard InChI is InChI=1S/C26H32Cl2N2O2S/c1-2-24(26(32)29-22-10-6-7-11-22)30(15-14-19-8-4-3-5-9-19)25(31)18-33-17-20-12-13-21(27)16-23(20)28/h3-5,8-9,12-13,16,22,24H,2,6-7,10-11,14-15,17-18H2,1H3,(H,29,32). The van der Waals surface area contributed by atoms with E-state index in [1.807, 2.05) is 31.2 Å². The van der Waals surface area contributed by atoms with Crippen LogP contribution in [0, 0.1) is 0 Å². The number of hydrogen-bond donors (Lipinski definition) is 1. The Bertz CT molecular complexity index is 920. The van der Waals surface area contributed by atoms with Gasteiger partial charge in [-0.05, 0) is 48.9 Å². The van der Waals surface area contributed by atoms with E-state index >= 15 is 0 Å². The molecule has 2 amide bonds. The number of hydrogen-bond acceptors (Lipinski definition) is 3. The Morgan fingerprint density at radius 3 is 2.52 bits per heavy atom. The van der Waals surface area contributed by atoms with Crippen molar-refractivity contribution in [3.05, 3.63) is 69.7 Å². The average molecular weight is 508 g/mol. The van der Waals surface area contributed by atoms with Gasteiger partial charge in [-0.3, -0.25) is 9.59 Å². The molecule has 0 aliphatic heterocycles. The zero-order valence-electron chi connectivity index (χ0n) is 19.1. The summed E-state index contributed by atoms with van der Waals surface area (Å²) in [6.07, 6.45) is 5.67. The van der Waals surface area contributed by atoms with Crippen LogP contribution < -0.4 is 5.32 Å². The SMILES string of the molecule is CCC(C(=O)NC1CCCC1)N(CCc1ccccc1)C(=O)CSCc1ccc(Cl)cc1Cl. The normalized spacial score (nSPS) is 14.8. The van der Waals surface area contributed by atoms with Crippen LogP contribution in [-0.4, -0.2) is 41.1 Å². The van der Waals surface area contributed by atoms with Gasteiger partial charge in [-0.15, -0.1) is 11.8 Å². The van der Waals surface area contributed by atoms with Gasteiger partial charge < -0.3 is 10.2 Å². The third kappa shape index (κ3) is 7.94. The Kier molecular flexibility index (Phi) is 10.4. The zero-order chi connectivity index (χ0) is 23.6. The lowest BCUT2D eigenvalue weighted by Crippen LogP contribution is -2.52. The van der Waals surface area contributed by atoms with E-state index in [2.05, 4.69) is 17.4 Å². The fourth-order valence-corrected chi connectivity index (χ4v) is 5.70. The molecule has 1 aliphatic carbocycles. The number of amides is 2. The molecule has 0 bridgehead atoms. The number of carbonyl (C=O) groups excluding carboxylic acids is 2. The molecule has 33 heavy (non-hydrogen) atoms. The van der Waals surface area contributed by atoms with E-state index in [1.165, 1.54) is 11.8 Å². The first-order valence-electron chi connectivity index (χ1n) is 11.6. The molecule has 1 N–H and O–H groups in total. The van der Waals surface area contributed by atoms with Gasteiger partial charge in [0, 0.05) is 28.4 Å². The topological polar surface area (TPSA) is 49.4 Å². The number of halogens is 2. The van der Waals surface area contributed by atoms with Crippen LogP contribution in [0.15, 0.2) is 48.5 Å². The molecule has 2 aromatic rings. The predicted molar refractivity (Wildman–Crippen MR) is 139 cm³/mol. The lowest BCUT2D eigenvalue weighted by molar-refractivity contribution is -0.139. The number of nitrogens with zero attached hydrogens (tertiary/aromatic N) is 1. The maximum atomic E-state index is 13.3. The largest absolute Gasteiger partial charge is 0.352 e. The van der Waals surface area contributed by atoms with Crippen LogP contribution in [0.4, 0.5) is 0 Å². The Hall–Kier alpha value is -1.69. The average Bonchev–Trinajstić information content (AvgIpc) is 3.31. The molecule has 0 aromatic heterocycles. The van der Waals surface area contributed by atoms with Crippen molar-refractivity contribution in [1.29, 1.82) is 0 Å². The third-order valence-electron chi connectivity index (χ3n) is 6.07. The molecule has 0 radical (unpaired) electrons. The first kappa shape index (κ1) is 25.9. The van der Waals surface area contributed by atoms with E-state index in [-0.39, 0.29) is 17.9 Å². The summed E-state index contributed by atoms with van der Waals surface area (Å²) in [7, 11) is 0. The smallest absolute Gasteiger partial charge is 0.243 e. The molecule has 178 valence electrons. The first-order chi connectivity index (χ1) is 16.0. The van der Waals surface area contributed by atoms with Crippen LogP contribution in [0.25, 0.3) is 0 Å². The van der Waals surface area contributed by atoms with Crippen molar-refractivity contribution in [2.75, 3.05) is 12.3 Å². The minimum Gasteiger partial charge on any atom is -0.352 e. The predicted octanol–water partition coefficient (Wildman–Crippen LogP) is 6.14. The minimum absolute atomic E-state index is 0.0190. The van der Waals surface area contributed by atoms with Crippen molar-refractivity contribution in [2.24, 2.45) is 0 Å². The van der Waals surface area contributed by atoms with Gasteiger partial charge in [0.25, 0.3) is 0 Å². The van der Waals surface area contributed by atoms with E-state index in [0.29, 0.717) is 40.9 Å². The summed E-state index contributed by atoms with van der Waals surface area (Å²) >= 11 is 13.8. The van der Waals surface area contributed by atoms with Crippen LogP contribution in [0.1, 0.15) is 50.2 Å². The van der Waals surface area contributed by atoms with Crippen LogP contribution in [0.3, 0.4) is 0 Å². The van der Waals surface area contributed by atoms with E-state index in [1.54, 1.807) is 17.0 Å². The zero-order valence-corrected chi connectivity index (χ0v) is 21.4. The second-order valence-corrected chi connectivity index (χ2v) is 10.3. The van der Waals surface area contributed by atoms with Gasteiger partial charge in [-0.1, -0.05) is 79.4 Å². The molecule has 1 fully saturated rings. The quantitative estimate of drug-likeness (QED) is 0.398. The lowest BCUT2D eigenvalue weighted by Gasteiger charge is -2.31. The fraction of sp³-hybridized carbons (Fsp3) is 0.462. The monoisotopic (exact) mass is 506 g/mol. The highest BCUT2D eigenvalue weighted by molar-refractivity contribution is 7.99. The highest BCUT2D eigenvalue weighted by Crippen LogP contribution is 2.25. The molecular weight excluding hydrogens is 475 g/mol. The number of carbonyl (C=O) groups is 2. The fourth-order valence-electron chi connectivity index (χ4n) is 4.23. The van der Waals surface area contributed by atoms with Gasteiger partial charge in [0.05, 0.1) is 5.75 Å². The molecule has 1 aliphatic rings. The molecule has 0 saturated heterocycles. The molecular formula is C26H32Cl2N2O2S. The van der Waals surface area contributed by atoms with Crippen molar-refractivity contribution in [3.8, 4) is 0 Å². The van der Waals surface area contributed by atoms with Crippen LogP contribution in [-0.2, 0) is 21.8 Å². The van der Waals surface area contributed by atoms with Crippen LogP contribution in [0.2, 0.25) is 10.0 Å². The van der Waals surface area contributed by atoms with Gasteiger partial charge >= 0.3 is 0 Å². The highest BCUT2D eigenvalue weighted by atomic mass is 35.5. The summed E-state index contributed by atoms with van der Waals surface area (Å²) < 4.78 is 0. The third-order valence-corrected chi connectivity index (χ3v) is 7.62. The Morgan fingerprint density at radius 2 is 1.85 bits per heavy atom. The molecule has 3 rings (SSSR count). The van der Waals surface area contributed by atoms with Crippen molar-refractivity contribution in [2.45, 2.75) is 63.3 Å². The van der Waals surface area contributed by atoms with Gasteiger partial charge in [0.2, 0.25) is 11.8 Å². The maximum absolute atomic E-state index is 13.3. The summed E-state index contributed by atoms with van der Waals surface area (Å²) in [5, 5.41) is 4.38. The maximum Gasteiger partial charge on any atom is 0.243 e. The van der Waals surface area contributed by atoms with E-state index in [9.17, 15) is 9.59 Å². The lowest BCUT2D eigenvalue weighted by atomic mass is 10.1. The number of thioether (sulfide) groups is 1. The first-order valence-corrected chi connectivity index (χ1v) is 13.5. The summed E-state index contributed by atoms with van der Waals surface area (Å²) in [6.45, 7) is 2.49. The molecule has 1 atom stereocenters. The van der Waals surface area contributed by atoms with Crippen molar-refractivity contribution < 1.29 is 9.59 Å². The van der Waals surface area contributed by atoms with Crippen LogP contribution >= 0.6 is 35.0 Å². The van der Waals surface area contributed by atoms with Gasteiger partial charge in [0.1, 0.15) is 6.04 Å². The molecule has 1 saturated carbocycles. The number of rotatable bonds is 11. The number of benzene rings is 2. The summed E-state index contributed by atoms with van der Waals surface area (Å²) in [6, 6.07) is 15.3. The Balaban J connectivity index is 1.65. The highest BCUT2D eigenvalue weighted by Gasteiger charge is 2.30. The van der Waals surface area contributed by atoms with Crippen molar-refractivity contribution in [3.63, 3.8) is 0 Å². The van der Waals surface area contributed by atoms with E-state index in [4.69, 9.17) is 23.2 Å². The van der Waals surface area contributed by atoms with Gasteiger partial charge in [0.15, 0.2) is 0 Å². The minimum atomic E-state index is -0.457.